The third-order valence-corrected chi connectivity index (χ3v) is 5.30. The van der Waals surface area contributed by atoms with Gasteiger partial charge in [-0.1, -0.05) is 23.8 Å². The molecular formula is C24H22FN5O4. The van der Waals surface area contributed by atoms with Crippen LogP contribution in [-0.2, 0) is 16.1 Å². The van der Waals surface area contributed by atoms with Crippen molar-refractivity contribution in [1.29, 1.82) is 0 Å². The van der Waals surface area contributed by atoms with E-state index in [9.17, 15) is 18.8 Å². The smallest absolute Gasteiger partial charge is 0.335 e. The number of hydrogen-bond donors (Lipinski definition) is 1. The van der Waals surface area contributed by atoms with Crippen molar-refractivity contribution in [2.75, 3.05) is 6.61 Å². The van der Waals surface area contributed by atoms with Gasteiger partial charge in [-0.25, -0.2) is 23.7 Å². The molecule has 9 nitrogen and oxygen atoms in total. The molecule has 0 bridgehead atoms. The predicted octanol–water partition coefficient (Wildman–Crippen LogP) is 2.67. The first kappa shape index (κ1) is 22.8. The van der Waals surface area contributed by atoms with Crippen LogP contribution in [0.25, 0.3) is 28.2 Å². The number of rotatable bonds is 6. The minimum atomic E-state index is -0.896. The lowest BCUT2D eigenvalue weighted by Gasteiger charge is -2.10. The van der Waals surface area contributed by atoms with Crippen molar-refractivity contribution in [2.24, 2.45) is 5.73 Å². The Hall–Kier alpha value is -4.34. The number of nitrogens with zero attached hydrogens (tertiary/aromatic N) is 4. The zero-order chi connectivity index (χ0) is 24.6. The Morgan fingerprint density at radius 2 is 1.79 bits per heavy atom. The van der Waals surface area contributed by atoms with Crippen LogP contribution in [-0.4, -0.2) is 37.6 Å². The van der Waals surface area contributed by atoms with Crippen LogP contribution < -0.4 is 11.4 Å². The molecule has 174 valence electrons. The summed E-state index contributed by atoms with van der Waals surface area (Å²) in [6, 6.07) is 10.8. The zero-order valence-electron chi connectivity index (χ0n) is 18.8. The molecule has 0 atom stereocenters. The monoisotopic (exact) mass is 463 g/mol. The van der Waals surface area contributed by atoms with Gasteiger partial charge < -0.3 is 10.5 Å². The molecule has 0 saturated heterocycles. The Morgan fingerprint density at radius 1 is 1.09 bits per heavy atom. The van der Waals surface area contributed by atoms with E-state index >= 15 is 0 Å². The van der Waals surface area contributed by atoms with Crippen molar-refractivity contribution in [2.45, 2.75) is 27.3 Å². The average molecular weight is 463 g/mol. The summed E-state index contributed by atoms with van der Waals surface area (Å²) in [6.07, 6.45) is 0. The van der Waals surface area contributed by atoms with Gasteiger partial charge in [-0.15, -0.1) is 0 Å². The van der Waals surface area contributed by atoms with Crippen molar-refractivity contribution in [1.82, 2.24) is 19.1 Å². The Morgan fingerprint density at radius 3 is 2.41 bits per heavy atom. The first-order chi connectivity index (χ1) is 16.2. The number of ether oxygens (including phenoxy) is 1. The maximum Gasteiger partial charge on any atom is 0.335 e. The molecule has 2 aromatic heterocycles. The second-order valence-corrected chi connectivity index (χ2v) is 7.74. The number of amides is 1. The van der Waals surface area contributed by atoms with Crippen molar-refractivity contribution >= 4 is 23.0 Å². The topological polar surface area (TPSA) is 122 Å². The molecule has 1 amide bonds. The van der Waals surface area contributed by atoms with Crippen molar-refractivity contribution < 1.29 is 18.7 Å². The van der Waals surface area contributed by atoms with E-state index in [2.05, 4.69) is 9.97 Å². The van der Waals surface area contributed by atoms with Crippen LogP contribution in [0.15, 0.2) is 47.3 Å². The van der Waals surface area contributed by atoms with E-state index in [0.717, 1.165) is 15.7 Å². The molecule has 10 heteroatoms. The highest BCUT2D eigenvalue weighted by Crippen LogP contribution is 2.26. The van der Waals surface area contributed by atoms with Gasteiger partial charge in [0.2, 0.25) is 0 Å². The van der Waals surface area contributed by atoms with Crippen molar-refractivity contribution in [3.05, 3.63) is 75.6 Å². The van der Waals surface area contributed by atoms with Crippen LogP contribution in [0.2, 0.25) is 0 Å². The van der Waals surface area contributed by atoms with Crippen molar-refractivity contribution in [3.8, 4) is 17.1 Å². The van der Waals surface area contributed by atoms with Gasteiger partial charge in [-0.3, -0.25) is 14.2 Å². The maximum atomic E-state index is 13.6. The van der Waals surface area contributed by atoms with E-state index in [4.69, 9.17) is 10.5 Å². The number of carbonyl (C=O) groups excluding carboxylic acids is 2. The van der Waals surface area contributed by atoms with Crippen LogP contribution in [0.3, 0.4) is 0 Å². The van der Waals surface area contributed by atoms with E-state index in [1.165, 1.54) is 28.8 Å². The molecule has 0 spiro atoms. The number of carbonyl (C=O) groups is 2. The van der Waals surface area contributed by atoms with E-state index in [-0.39, 0.29) is 29.3 Å². The Bertz CT molecular complexity index is 1490. The second kappa shape index (κ2) is 8.89. The predicted molar refractivity (Wildman–Crippen MR) is 123 cm³/mol. The molecule has 2 aromatic carbocycles. The molecular weight excluding hydrogens is 441 g/mol. The zero-order valence-corrected chi connectivity index (χ0v) is 18.8. The van der Waals surface area contributed by atoms with E-state index in [0.29, 0.717) is 11.3 Å². The Labute approximate surface area is 193 Å². The fourth-order valence-corrected chi connectivity index (χ4v) is 3.82. The maximum absolute atomic E-state index is 13.6. The molecule has 0 saturated carbocycles. The minimum Gasteiger partial charge on any atom is -0.465 e. The number of benzene rings is 2. The lowest BCUT2D eigenvalue weighted by molar-refractivity contribution is -0.143. The lowest BCUT2D eigenvalue weighted by atomic mass is 10.1. The highest BCUT2D eigenvalue weighted by molar-refractivity contribution is 6.02. The highest BCUT2D eigenvalue weighted by atomic mass is 19.1. The van der Waals surface area contributed by atoms with Gasteiger partial charge in [0.1, 0.15) is 17.9 Å². The van der Waals surface area contributed by atoms with E-state index < -0.39 is 29.9 Å². The van der Waals surface area contributed by atoms with Crippen LogP contribution >= 0.6 is 0 Å². The number of imidazole rings is 1. The molecule has 2 heterocycles. The molecule has 4 rings (SSSR count). The number of halogens is 1. The molecule has 0 unspecified atom stereocenters. The molecule has 0 aliphatic heterocycles. The van der Waals surface area contributed by atoms with Gasteiger partial charge in [0.15, 0.2) is 17.2 Å². The Balaban J connectivity index is 2.10. The third kappa shape index (κ3) is 4.05. The number of aryl methyl sites for hydroxylation is 2. The SMILES string of the molecule is CCOC(=O)Cn1c(=O)n(-c2ccc(F)cc2)c2nc(-c3ccc(C)cc3C)nc(C(N)=O)c21. The van der Waals surface area contributed by atoms with Gasteiger partial charge in [0.25, 0.3) is 5.91 Å². The third-order valence-electron chi connectivity index (χ3n) is 5.30. The lowest BCUT2D eigenvalue weighted by Crippen LogP contribution is -2.28. The van der Waals surface area contributed by atoms with Crippen LogP contribution in [0.1, 0.15) is 28.5 Å². The first-order valence-corrected chi connectivity index (χ1v) is 10.5. The van der Waals surface area contributed by atoms with Crippen LogP contribution in [0, 0.1) is 19.7 Å². The van der Waals surface area contributed by atoms with Gasteiger partial charge >= 0.3 is 11.7 Å². The Kier molecular flexibility index (Phi) is 5.97. The number of esters is 1. The largest absolute Gasteiger partial charge is 0.465 e. The standard InChI is InChI=1S/C24H22FN5O4/c1-4-34-18(31)12-29-20-19(21(26)32)27-22(17-10-5-13(2)11-14(17)3)28-23(20)30(24(29)33)16-8-6-15(25)7-9-16/h5-11H,4,12H2,1-3H3,(H2,26,32). The molecule has 0 aliphatic rings. The van der Waals surface area contributed by atoms with E-state index in [1.807, 2.05) is 32.0 Å². The minimum absolute atomic E-state index is 0.0107. The summed E-state index contributed by atoms with van der Waals surface area (Å²) >= 11 is 0. The molecule has 0 fully saturated rings. The van der Waals surface area contributed by atoms with Crippen molar-refractivity contribution in [3.63, 3.8) is 0 Å². The normalized spacial score (nSPS) is 11.1. The second-order valence-electron chi connectivity index (χ2n) is 7.74. The summed E-state index contributed by atoms with van der Waals surface area (Å²) in [5, 5.41) is 0. The number of nitrogens with two attached hydrogens (primary N) is 1. The summed E-state index contributed by atoms with van der Waals surface area (Å²) in [6.45, 7) is 5.08. The van der Waals surface area contributed by atoms with Gasteiger partial charge in [-0.2, -0.15) is 0 Å². The summed E-state index contributed by atoms with van der Waals surface area (Å²) in [7, 11) is 0. The summed E-state index contributed by atoms with van der Waals surface area (Å²) in [5.74, 6) is -1.89. The molecule has 0 radical (unpaired) electrons. The van der Waals surface area contributed by atoms with Crippen LogP contribution in [0.4, 0.5) is 4.39 Å². The number of fused-ring (bicyclic) bond motifs is 1. The summed E-state index contributed by atoms with van der Waals surface area (Å²) in [4.78, 5) is 47.1. The fourth-order valence-electron chi connectivity index (χ4n) is 3.82. The van der Waals surface area contributed by atoms with Gasteiger partial charge in [0, 0.05) is 5.56 Å². The number of aromatic nitrogens is 4. The molecule has 2 N–H and O–H groups in total. The molecule has 34 heavy (non-hydrogen) atoms. The summed E-state index contributed by atoms with van der Waals surface area (Å²) < 4.78 is 20.8. The van der Waals surface area contributed by atoms with Gasteiger partial charge in [0.05, 0.1) is 12.3 Å². The molecule has 0 aliphatic carbocycles. The number of primary amides is 1. The van der Waals surface area contributed by atoms with Crippen LogP contribution in [0.5, 0.6) is 0 Å². The number of hydrogen-bond acceptors (Lipinski definition) is 6. The first-order valence-electron chi connectivity index (χ1n) is 10.5. The van der Waals surface area contributed by atoms with Gasteiger partial charge in [-0.05, 0) is 50.6 Å². The quantitative estimate of drug-likeness (QED) is 0.439. The highest BCUT2D eigenvalue weighted by Gasteiger charge is 2.26. The average Bonchev–Trinajstić information content (AvgIpc) is 3.05. The van der Waals surface area contributed by atoms with E-state index in [1.54, 1.807) is 6.92 Å². The fraction of sp³-hybridized carbons (Fsp3) is 0.208. The summed E-state index contributed by atoms with van der Waals surface area (Å²) in [5.41, 5.74) is 7.62. The molecule has 4 aromatic rings.